The van der Waals surface area contributed by atoms with E-state index in [0.29, 0.717) is 16.3 Å². The van der Waals surface area contributed by atoms with Gasteiger partial charge >= 0.3 is 0 Å². The van der Waals surface area contributed by atoms with Crippen molar-refractivity contribution in [3.63, 3.8) is 0 Å². The molecule has 2 heterocycles. The van der Waals surface area contributed by atoms with Crippen LogP contribution in [0.4, 0.5) is 5.82 Å². The molecule has 1 aromatic heterocycles. The van der Waals surface area contributed by atoms with E-state index in [1.807, 2.05) is 6.07 Å². The van der Waals surface area contributed by atoms with Crippen molar-refractivity contribution in [1.82, 2.24) is 4.98 Å². The predicted molar refractivity (Wildman–Crippen MR) is 78.6 cm³/mol. The number of aromatic nitrogens is 1. The summed E-state index contributed by atoms with van der Waals surface area (Å²) >= 11 is 11.9. The van der Waals surface area contributed by atoms with Crippen molar-refractivity contribution in [1.29, 1.82) is 0 Å². The van der Waals surface area contributed by atoms with Gasteiger partial charge in [-0.1, -0.05) is 25.4 Å². The maximum Gasteiger partial charge on any atom is 0.128 e. The molecule has 0 saturated carbocycles. The molecule has 1 aliphatic heterocycles. The van der Waals surface area contributed by atoms with Crippen LogP contribution in [0.15, 0.2) is 12.3 Å². The Bertz CT molecular complexity index is 416. The second kappa shape index (κ2) is 5.66. The van der Waals surface area contributed by atoms with Gasteiger partial charge in [0.25, 0.3) is 0 Å². The number of nitrogens with zero attached hydrogens (tertiary/aromatic N) is 2. The molecule has 0 atom stereocenters. The summed E-state index contributed by atoms with van der Waals surface area (Å²) in [7, 11) is 0. The Balaban J connectivity index is 2.19. The molecule has 2 nitrogen and oxygen atoms in total. The molecule has 0 spiro atoms. The van der Waals surface area contributed by atoms with E-state index in [1.165, 1.54) is 19.3 Å². The summed E-state index contributed by atoms with van der Waals surface area (Å²) in [5.74, 6) is 1.45. The normalized spacial score (nSPS) is 18.3. The quantitative estimate of drug-likeness (QED) is 0.758. The van der Waals surface area contributed by atoms with E-state index < -0.39 is 0 Å². The van der Waals surface area contributed by atoms with Crippen LogP contribution in [0.25, 0.3) is 0 Å². The standard InChI is InChI=1S/C14H20Cl2N2/c1-3-14(4-2)5-6-18(10-14)13-7-11(8-15)12(16)9-17-13/h7,9H,3-6,8,10H2,1-2H3. The van der Waals surface area contributed by atoms with E-state index in [0.717, 1.165) is 24.5 Å². The summed E-state index contributed by atoms with van der Waals surface area (Å²) in [4.78, 5) is 6.80. The average Bonchev–Trinajstić information content (AvgIpc) is 2.84. The highest BCUT2D eigenvalue weighted by molar-refractivity contribution is 6.32. The zero-order valence-electron chi connectivity index (χ0n) is 11.0. The maximum absolute atomic E-state index is 6.05. The first-order chi connectivity index (χ1) is 8.64. The number of alkyl halides is 1. The third kappa shape index (κ3) is 2.60. The lowest BCUT2D eigenvalue weighted by atomic mass is 9.82. The third-order valence-corrected chi connectivity index (χ3v) is 4.95. The van der Waals surface area contributed by atoms with Crippen LogP contribution in [-0.4, -0.2) is 18.1 Å². The maximum atomic E-state index is 6.05. The Kier molecular flexibility index (Phi) is 4.39. The summed E-state index contributed by atoms with van der Waals surface area (Å²) in [6, 6.07) is 2.02. The molecule has 100 valence electrons. The van der Waals surface area contributed by atoms with Crippen LogP contribution >= 0.6 is 23.2 Å². The highest BCUT2D eigenvalue weighted by Gasteiger charge is 2.35. The summed E-state index contributed by atoms with van der Waals surface area (Å²) < 4.78 is 0. The molecule has 1 aromatic rings. The molecule has 0 bridgehead atoms. The second-order valence-electron chi connectivity index (χ2n) is 5.15. The fourth-order valence-electron chi connectivity index (χ4n) is 2.70. The van der Waals surface area contributed by atoms with Gasteiger partial charge in [-0.25, -0.2) is 4.98 Å². The minimum atomic E-state index is 0.439. The van der Waals surface area contributed by atoms with Crippen LogP contribution in [0.1, 0.15) is 38.7 Å². The van der Waals surface area contributed by atoms with Crippen LogP contribution in [0.2, 0.25) is 5.02 Å². The van der Waals surface area contributed by atoms with Crippen LogP contribution in [-0.2, 0) is 5.88 Å². The van der Waals surface area contributed by atoms with E-state index in [1.54, 1.807) is 6.20 Å². The fourth-order valence-corrected chi connectivity index (χ4v) is 3.16. The van der Waals surface area contributed by atoms with Gasteiger partial charge in [-0.2, -0.15) is 0 Å². The zero-order valence-corrected chi connectivity index (χ0v) is 12.6. The molecule has 0 aromatic carbocycles. The summed E-state index contributed by atoms with van der Waals surface area (Å²) in [6.07, 6.45) is 5.43. The van der Waals surface area contributed by atoms with Crippen molar-refractivity contribution in [2.24, 2.45) is 5.41 Å². The third-order valence-electron chi connectivity index (χ3n) is 4.33. The molecule has 0 unspecified atom stereocenters. The summed E-state index contributed by atoms with van der Waals surface area (Å²) in [5.41, 5.74) is 1.43. The van der Waals surface area contributed by atoms with E-state index in [9.17, 15) is 0 Å². The van der Waals surface area contributed by atoms with Crippen LogP contribution < -0.4 is 4.90 Å². The highest BCUT2D eigenvalue weighted by Crippen LogP contribution is 2.38. The zero-order chi connectivity index (χ0) is 13.2. The molecular formula is C14H20Cl2N2. The predicted octanol–water partition coefficient (Wildman–Crippen LogP) is 4.49. The van der Waals surface area contributed by atoms with Crippen molar-refractivity contribution in [2.45, 2.75) is 39.0 Å². The first kappa shape index (κ1) is 14.0. The minimum Gasteiger partial charge on any atom is -0.356 e. The average molecular weight is 287 g/mol. The summed E-state index contributed by atoms with van der Waals surface area (Å²) in [6.45, 7) is 6.74. The Morgan fingerprint density at radius 1 is 1.39 bits per heavy atom. The molecule has 18 heavy (non-hydrogen) atoms. The topological polar surface area (TPSA) is 16.1 Å². The SMILES string of the molecule is CCC1(CC)CCN(c2cc(CCl)c(Cl)cn2)C1. The van der Waals surface area contributed by atoms with E-state index in [-0.39, 0.29) is 0 Å². The Morgan fingerprint density at radius 3 is 2.67 bits per heavy atom. The van der Waals surface area contributed by atoms with Gasteiger partial charge in [0.15, 0.2) is 0 Å². The number of halogens is 2. The van der Waals surface area contributed by atoms with Crippen molar-refractivity contribution in [3.05, 3.63) is 22.8 Å². The van der Waals surface area contributed by atoms with Gasteiger partial charge in [-0.05, 0) is 36.3 Å². The van der Waals surface area contributed by atoms with Crippen LogP contribution in [0, 0.1) is 5.41 Å². The largest absolute Gasteiger partial charge is 0.356 e. The number of anilines is 1. The van der Waals surface area contributed by atoms with Crippen molar-refractivity contribution >= 4 is 29.0 Å². The Labute approximate surface area is 119 Å². The molecule has 4 heteroatoms. The monoisotopic (exact) mass is 286 g/mol. The smallest absolute Gasteiger partial charge is 0.128 e. The molecule has 1 aliphatic rings. The van der Waals surface area contributed by atoms with Gasteiger partial charge in [-0.3, -0.25) is 0 Å². The van der Waals surface area contributed by atoms with Gasteiger partial charge in [0.2, 0.25) is 0 Å². The fraction of sp³-hybridized carbons (Fsp3) is 0.643. The first-order valence-electron chi connectivity index (χ1n) is 6.59. The van der Waals surface area contributed by atoms with Crippen LogP contribution in [0.5, 0.6) is 0 Å². The van der Waals surface area contributed by atoms with Gasteiger partial charge < -0.3 is 4.90 Å². The van der Waals surface area contributed by atoms with Gasteiger partial charge in [0.05, 0.1) is 5.02 Å². The Morgan fingerprint density at radius 2 is 2.11 bits per heavy atom. The molecule has 1 saturated heterocycles. The molecular weight excluding hydrogens is 267 g/mol. The number of hydrogen-bond donors (Lipinski definition) is 0. The van der Waals surface area contributed by atoms with Crippen molar-refractivity contribution in [3.8, 4) is 0 Å². The number of pyridine rings is 1. The minimum absolute atomic E-state index is 0.439. The van der Waals surface area contributed by atoms with Gasteiger partial charge in [-0.15, -0.1) is 11.6 Å². The molecule has 0 N–H and O–H groups in total. The molecule has 0 amide bonds. The lowest BCUT2D eigenvalue weighted by Gasteiger charge is -2.26. The van der Waals surface area contributed by atoms with Crippen molar-refractivity contribution in [2.75, 3.05) is 18.0 Å². The molecule has 0 aliphatic carbocycles. The molecule has 1 fully saturated rings. The number of hydrogen-bond acceptors (Lipinski definition) is 2. The molecule has 2 rings (SSSR count). The first-order valence-corrected chi connectivity index (χ1v) is 7.50. The van der Waals surface area contributed by atoms with E-state index in [2.05, 4.69) is 23.7 Å². The van der Waals surface area contributed by atoms with Gasteiger partial charge in [0.1, 0.15) is 5.82 Å². The Hall–Kier alpha value is -0.470. The van der Waals surface area contributed by atoms with Gasteiger partial charge in [0, 0.05) is 25.2 Å². The highest BCUT2D eigenvalue weighted by atomic mass is 35.5. The number of rotatable bonds is 4. The lowest BCUT2D eigenvalue weighted by molar-refractivity contribution is 0.301. The molecule has 0 radical (unpaired) electrons. The van der Waals surface area contributed by atoms with E-state index in [4.69, 9.17) is 23.2 Å². The lowest BCUT2D eigenvalue weighted by Crippen LogP contribution is -2.26. The van der Waals surface area contributed by atoms with Crippen molar-refractivity contribution < 1.29 is 0 Å². The summed E-state index contributed by atoms with van der Waals surface area (Å²) in [5, 5.41) is 0.658. The van der Waals surface area contributed by atoms with Crippen LogP contribution in [0.3, 0.4) is 0 Å². The second-order valence-corrected chi connectivity index (χ2v) is 5.82. The van der Waals surface area contributed by atoms with E-state index >= 15 is 0 Å².